The van der Waals surface area contributed by atoms with Crippen LogP contribution in [-0.4, -0.2) is 18.2 Å². The van der Waals surface area contributed by atoms with Crippen LogP contribution < -0.4 is 4.90 Å². The Balaban J connectivity index is 2.99. The number of nitrogens with zero attached hydrogens (tertiary/aromatic N) is 1. The quantitative estimate of drug-likeness (QED) is 0.911. The van der Waals surface area contributed by atoms with Gasteiger partial charge in [0.2, 0.25) is 0 Å². The highest BCUT2D eigenvalue weighted by molar-refractivity contribution is 9.10. The largest absolute Gasteiger partial charge is 0.389 e. The van der Waals surface area contributed by atoms with Crippen LogP contribution in [0.5, 0.6) is 0 Å². The first kappa shape index (κ1) is 13.5. The SMILES string of the molecule is CCC(C)N(C)c1ccc([C@@H](C)O)cc1Br. The van der Waals surface area contributed by atoms with Crippen molar-refractivity contribution in [1.82, 2.24) is 0 Å². The van der Waals surface area contributed by atoms with E-state index in [4.69, 9.17) is 0 Å². The van der Waals surface area contributed by atoms with Gasteiger partial charge in [0, 0.05) is 17.6 Å². The predicted octanol–water partition coefficient (Wildman–Crippen LogP) is 3.74. The molecule has 0 spiro atoms. The molecule has 0 amide bonds. The maximum Gasteiger partial charge on any atom is 0.0762 e. The van der Waals surface area contributed by atoms with Crippen molar-refractivity contribution in [2.24, 2.45) is 0 Å². The van der Waals surface area contributed by atoms with Crippen LogP contribution in [0.4, 0.5) is 5.69 Å². The van der Waals surface area contributed by atoms with Crippen molar-refractivity contribution in [3.63, 3.8) is 0 Å². The highest BCUT2D eigenvalue weighted by Crippen LogP contribution is 2.30. The number of hydrogen-bond acceptors (Lipinski definition) is 2. The van der Waals surface area contributed by atoms with Crippen LogP contribution >= 0.6 is 15.9 Å². The molecule has 0 aromatic heterocycles. The minimum Gasteiger partial charge on any atom is -0.389 e. The first-order valence-corrected chi connectivity index (χ1v) is 6.47. The average molecular weight is 286 g/mol. The van der Waals surface area contributed by atoms with Gasteiger partial charge in [-0.25, -0.2) is 0 Å². The Morgan fingerprint density at radius 3 is 2.44 bits per heavy atom. The Kier molecular flexibility index (Phi) is 4.81. The predicted molar refractivity (Wildman–Crippen MR) is 72.9 cm³/mol. The van der Waals surface area contributed by atoms with Gasteiger partial charge in [-0.3, -0.25) is 0 Å². The average Bonchev–Trinajstić information content (AvgIpc) is 2.26. The number of anilines is 1. The maximum atomic E-state index is 9.50. The van der Waals surface area contributed by atoms with Crippen LogP contribution in [-0.2, 0) is 0 Å². The third-order valence-electron chi connectivity index (χ3n) is 3.09. The Hall–Kier alpha value is -0.540. The van der Waals surface area contributed by atoms with Crippen LogP contribution in [0, 0.1) is 0 Å². The van der Waals surface area contributed by atoms with Crippen molar-refractivity contribution < 1.29 is 5.11 Å². The van der Waals surface area contributed by atoms with E-state index in [1.165, 1.54) is 5.69 Å². The number of aliphatic hydroxyl groups excluding tert-OH is 1. The Morgan fingerprint density at radius 2 is 2.00 bits per heavy atom. The fraction of sp³-hybridized carbons (Fsp3) is 0.538. The second kappa shape index (κ2) is 5.69. The summed E-state index contributed by atoms with van der Waals surface area (Å²) in [4.78, 5) is 2.25. The minimum absolute atomic E-state index is 0.417. The van der Waals surface area contributed by atoms with Crippen molar-refractivity contribution in [3.8, 4) is 0 Å². The van der Waals surface area contributed by atoms with Crippen molar-refractivity contribution in [1.29, 1.82) is 0 Å². The number of halogens is 1. The number of aliphatic hydroxyl groups is 1. The van der Waals surface area contributed by atoms with E-state index in [2.05, 4.69) is 47.8 Å². The van der Waals surface area contributed by atoms with Gasteiger partial charge in [-0.05, 0) is 53.9 Å². The fourth-order valence-electron chi connectivity index (χ4n) is 1.58. The standard InChI is InChI=1S/C13H20BrNO/c1-5-9(2)15(4)13-7-6-11(10(3)16)8-12(13)14/h6-10,16H,5H2,1-4H3/t9?,10-/m1/s1. The summed E-state index contributed by atoms with van der Waals surface area (Å²) in [6, 6.07) is 6.52. The van der Waals surface area contributed by atoms with Crippen LogP contribution in [0.1, 0.15) is 38.9 Å². The summed E-state index contributed by atoms with van der Waals surface area (Å²) in [6.07, 6.45) is 0.695. The van der Waals surface area contributed by atoms with E-state index >= 15 is 0 Å². The molecule has 0 bridgehead atoms. The third kappa shape index (κ3) is 2.98. The zero-order valence-electron chi connectivity index (χ0n) is 10.4. The zero-order chi connectivity index (χ0) is 12.3. The van der Waals surface area contributed by atoms with E-state index < -0.39 is 6.10 Å². The molecule has 0 fully saturated rings. The molecule has 1 aromatic carbocycles. The van der Waals surface area contributed by atoms with Crippen molar-refractivity contribution >= 4 is 21.6 Å². The second-order valence-electron chi connectivity index (χ2n) is 4.25. The molecule has 0 aliphatic heterocycles. The molecule has 0 aliphatic carbocycles. The van der Waals surface area contributed by atoms with Crippen molar-refractivity contribution in [2.45, 2.75) is 39.3 Å². The summed E-state index contributed by atoms with van der Waals surface area (Å²) in [5, 5.41) is 9.50. The van der Waals surface area contributed by atoms with Crippen LogP contribution in [0.3, 0.4) is 0 Å². The number of hydrogen-bond donors (Lipinski definition) is 1. The van der Waals surface area contributed by atoms with Crippen LogP contribution in [0.25, 0.3) is 0 Å². The summed E-state index contributed by atoms with van der Waals surface area (Å²) in [6.45, 7) is 6.16. The highest BCUT2D eigenvalue weighted by atomic mass is 79.9. The van der Waals surface area contributed by atoms with Crippen molar-refractivity contribution in [2.75, 3.05) is 11.9 Å². The van der Waals surface area contributed by atoms with E-state index in [-0.39, 0.29) is 0 Å². The minimum atomic E-state index is -0.417. The molecule has 16 heavy (non-hydrogen) atoms. The fourth-order valence-corrected chi connectivity index (χ4v) is 2.26. The molecule has 0 radical (unpaired) electrons. The van der Waals surface area contributed by atoms with Gasteiger partial charge in [0.15, 0.2) is 0 Å². The smallest absolute Gasteiger partial charge is 0.0762 e. The summed E-state index contributed by atoms with van der Waals surface area (Å²) in [5.74, 6) is 0. The maximum absolute atomic E-state index is 9.50. The van der Waals surface area contributed by atoms with E-state index in [0.29, 0.717) is 6.04 Å². The van der Waals surface area contributed by atoms with Gasteiger partial charge in [-0.1, -0.05) is 13.0 Å². The molecule has 2 nitrogen and oxygen atoms in total. The molecule has 1 rings (SSSR count). The lowest BCUT2D eigenvalue weighted by Crippen LogP contribution is -2.28. The van der Waals surface area contributed by atoms with Crippen LogP contribution in [0.15, 0.2) is 22.7 Å². The van der Waals surface area contributed by atoms with E-state index in [0.717, 1.165) is 16.5 Å². The van der Waals surface area contributed by atoms with Crippen LogP contribution in [0.2, 0.25) is 0 Å². The summed E-state index contributed by atoms with van der Waals surface area (Å²) in [7, 11) is 2.09. The van der Waals surface area contributed by atoms with E-state index in [1.807, 2.05) is 12.1 Å². The first-order chi connectivity index (χ1) is 7.47. The lowest BCUT2D eigenvalue weighted by atomic mass is 10.1. The first-order valence-electron chi connectivity index (χ1n) is 5.67. The molecule has 0 aliphatic rings. The van der Waals surface area contributed by atoms with Gasteiger partial charge in [0.25, 0.3) is 0 Å². The molecule has 0 saturated heterocycles. The molecule has 1 aromatic rings. The monoisotopic (exact) mass is 285 g/mol. The Morgan fingerprint density at radius 1 is 1.38 bits per heavy atom. The zero-order valence-corrected chi connectivity index (χ0v) is 12.0. The highest BCUT2D eigenvalue weighted by Gasteiger charge is 2.12. The molecular formula is C13H20BrNO. The summed E-state index contributed by atoms with van der Waals surface area (Å²) < 4.78 is 1.04. The number of benzene rings is 1. The van der Waals surface area contributed by atoms with E-state index in [9.17, 15) is 5.11 Å². The summed E-state index contributed by atoms with van der Waals surface area (Å²) >= 11 is 3.56. The summed E-state index contributed by atoms with van der Waals surface area (Å²) in [5.41, 5.74) is 2.10. The second-order valence-corrected chi connectivity index (χ2v) is 5.11. The molecule has 2 atom stereocenters. The van der Waals surface area contributed by atoms with Gasteiger partial charge in [0.05, 0.1) is 11.8 Å². The molecule has 0 saturated carbocycles. The van der Waals surface area contributed by atoms with Gasteiger partial charge in [0.1, 0.15) is 0 Å². The Bertz CT molecular complexity index is 352. The molecule has 90 valence electrons. The van der Waals surface area contributed by atoms with Gasteiger partial charge >= 0.3 is 0 Å². The van der Waals surface area contributed by atoms with Gasteiger partial charge in [-0.15, -0.1) is 0 Å². The third-order valence-corrected chi connectivity index (χ3v) is 3.72. The molecular weight excluding hydrogens is 266 g/mol. The van der Waals surface area contributed by atoms with Gasteiger partial charge in [-0.2, -0.15) is 0 Å². The lowest BCUT2D eigenvalue weighted by Gasteiger charge is -2.27. The topological polar surface area (TPSA) is 23.5 Å². The van der Waals surface area contributed by atoms with Gasteiger partial charge < -0.3 is 10.0 Å². The number of rotatable bonds is 4. The molecule has 0 heterocycles. The van der Waals surface area contributed by atoms with E-state index in [1.54, 1.807) is 6.92 Å². The molecule has 3 heteroatoms. The van der Waals surface area contributed by atoms with Crippen molar-refractivity contribution in [3.05, 3.63) is 28.2 Å². The Labute approximate surface area is 106 Å². The lowest BCUT2D eigenvalue weighted by molar-refractivity contribution is 0.199. The normalized spacial score (nSPS) is 14.6. The molecule has 1 N–H and O–H groups in total. The molecule has 1 unspecified atom stereocenters.